The Morgan fingerprint density at radius 3 is 2.23 bits per heavy atom. The smallest absolute Gasteiger partial charge is 0.245 e. The molecule has 214 valence electrons. The van der Waals surface area contributed by atoms with Crippen LogP contribution in [0, 0.1) is 11.8 Å². The van der Waals surface area contributed by atoms with Crippen LogP contribution in [0.15, 0.2) is 24.3 Å². The second-order valence-electron chi connectivity index (χ2n) is 11.7. The quantitative estimate of drug-likeness (QED) is 0.516. The van der Waals surface area contributed by atoms with E-state index < -0.39 is 40.1 Å². The molecule has 3 heterocycles. The predicted octanol–water partition coefficient (Wildman–Crippen LogP) is 1.06. The molecule has 4 aliphatic rings. The van der Waals surface area contributed by atoms with Crippen molar-refractivity contribution in [3.8, 4) is 0 Å². The van der Waals surface area contributed by atoms with Crippen LogP contribution >= 0.6 is 0 Å². The van der Waals surface area contributed by atoms with Gasteiger partial charge in [-0.25, -0.2) is 8.42 Å². The lowest BCUT2D eigenvalue weighted by Gasteiger charge is -2.37. The van der Waals surface area contributed by atoms with Crippen LogP contribution < -0.4 is 10.6 Å². The Morgan fingerprint density at radius 2 is 1.64 bits per heavy atom. The van der Waals surface area contributed by atoms with E-state index in [2.05, 4.69) is 10.6 Å². The summed E-state index contributed by atoms with van der Waals surface area (Å²) in [7, 11) is -1.87. The summed E-state index contributed by atoms with van der Waals surface area (Å²) in [6.45, 7) is 3.16. The van der Waals surface area contributed by atoms with Crippen LogP contribution in [0.3, 0.4) is 0 Å². The normalized spacial score (nSPS) is 27.2. The molecule has 11 heteroatoms. The fourth-order valence-corrected chi connectivity index (χ4v) is 8.21. The first-order valence-corrected chi connectivity index (χ1v) is 16.1. The van der Waals surface area contributed by atoms with Crippen molar-refractivity contribution in [1.82, 2.24) is 24.7 Å². The van der Waals surface area contributed by atoms with Gasteiger partial charge in [-0.05, 0) is 50.3 Å². The van der Waals surface area contributed by atoms with Gasteiger partial charge in [-0.2, -0.15) is 4.31 Å². The second kappa shape index (κ2) is 11.2. The van der Waals surface area contributed by atoms with Crippen LogP contribution in [0.25, 0.3) is 0 Å². The minimum absolute atomic E-state index is 0.0213. The Hall–Kier alpha value is -2.50. The Morgan fingerprint density at radius 1 is 1.00 bits per heavy atom. The lowest BCUT2D eigenvalue weighted by Crippen LogP contribution is -2.58. The standard InChI is InChI=1S/C28H41N5O5S/c1-18(29-2)26(34)30-24(19-9-5-4-6-10-19)28(36)32-14-13-23-25(32)22(17-33(23)39(3,37)38)27(35)31-15-20-11-7-8-12-21(20)16-31/h7-8,11-12,18-19,22-25,29H,4-6,9-10,13-17H2,1-3H3,(H,30,34)/t18-,22+,23-,24+,25-/m1/s1. The van der Waals surface area contributed by atoms with E-state index in [-0.39, 0.29) is 30.2 Å². The zero-order valence-electron chi connectivity index (χ0n) is 23.1. The summed E-state index contributed by atoms with van der Waals surface area (Å²) < 4.78 is 27.0. The zero-order valence-corrected chi connectivity index (χ0v) is 24.0. The topological polar surface area (TPSA) is 119 Å². The minimum Gasteiger partial charge on any atom is -0.343 e. The van der Waals surface area contributed by atoms with Crippen LogP contribution in [0.5, 0.6) is 0 Å². The van der Waals surface area contributed by atoms with Crippen molar-refractivity contribution in [3.63, 3.8) is 0 Å². The summed E-state index contributed by atoms with van der Waals surface area (Å²) in [5.74, 6) is -1.17. The molecule has 39 heavy (non-hydrogen) atoms. The molecule has 3 fully saturated rings. The maximum absolute atomic E-state index is 14.3. The van der Waals surface area contributed by atoms with Crippen LogP contribution in [-0.4, -0.2) is 90.8 Å². The number of rotatable bonds is 7. The third kappa shape index (κ3) is 5.45. The summed E-state index contributed by atoms with van der Waals surface area (Å²) >= 11 is 0. The largest absolute Gasteiger partial charge is 0.343 e. The van der Waals surface area contributed by atoms with Crippen LogP contribution in [-0.2, 0) is 37.5 Å². The van der Waals surface area contributed by atoms with Crippen molar-refractivity contribution in [3.05, 3.63) is 35.4 Å². The van der Waals surface area contributed by atoms with Gasteiger partial charge in [0.1, 0.15) is 6.04 Å². The Bertz CT molecular complexity index is 1190. The monoisotopic (exact) mass is 559 g/mol. The van der Waals surface area contributed by atoms with Gasteiger partial charge in [0.25, 0.3) is 0 Å². The van der Waals surface area contributed by atoms with E-state index in [9.17, 15) is 22.8 Å². The molecule has 0 spiro atoms. The van der Waals surface area contributed by atoms with Crippen molar-refractivity contribution < 1.29 is 22.8 Å². The molecule has 1 aromatic carbocycles. The summed E-state index contributed by atoms with van der Waals surface area (Å²) in [4.78, 5) is 44.7. The molecular weight excluding hydrogens is 518 g/mol. The Labute approximate surface area is 231 Å². The summed E-state index contributed by atoms with van der Waals surface area (Å²) in [5.41, 5.74) is 2.19. The van der Waals surface area contributed by atoms with Gasteiger partial charge in [0.05, 0.1) is 24.3 Å². The molecule has 0 bridgehead atoms. The maximum atomic E-state index is 14.3. The lowest BCUT2D eigenvalue weighted by molar-refractivity contribution is -0.143. The minimum atomic E-state index is -3.58. The molecule has 2 saturated heterocycles. The van der Waals surface area contributed by atoms with E-state index in [0.29, 0.717) is 26.1 Å². The molecule has 2 N–H and O–H groups in total. The summed E-state index contributed by atoms with van der Waals surface area (Å²) in [6.07, 6.45) is 6.51. The lowest BCUT2D eigenvalue weighted by atomic mass is 9.83. The number of hydrogen-bond donors (Lipinski definition) is 2. The van der Waals surface area contributed by atoms with Crippen molar-refractivity contribution >= 4 is 27.7 Å². The molecule has 0 aromatic heterocycles. The molecule has 5 atom stereocenters. The van der Waals surface area contributed by atoms with Gasteiger partial charge in [0.2, 0.25) is 27.7 Å². The number of nitrogens with one attached hydrogen (secondary N) is 2. The highest BCUT2D eigenvalue weighted by molar-refractivity contribution is 7.88. The first-order chi connectivity index (χ1) is 18.6. The van der Waals surface area contributed by atoms with Gasteiger partial charge < -0.3 is 20.4 Å². The molecular formula is C28H41N5O5S. The van der Waals surface area contributed by atoms with Gasteiger partial charge in [0.15, 0.2) is 0 Å². The highest BCUT2D eigenvalue weighted by Crippen LogP contribution is 2.40. The average Bonchev–Trinajstić information content (AvgIpc) is 3.64. The van der Waals surface area contributed by atoms with E-state index in [1.54, 1.807) is 23.8 Å². The molecule has 10 nitrogen and oxygen atoms in total. The van der Waals surface area contributed by atoms with Crippen LogP contribution in [0.4, 0.5) is 0 Å². The molecule has 1 aliphatic carbocycles. The number of sulfonamides is 1. The van der Waals surface area contributed by atoms with Crippen LogP contribution in [0.1, 0.15) is 56.6 Å². The fraction of sp³-hybridized carbons (Fsp3) is 0.679. The van der Waals surface area contributed by atoms with Gasteiger partial charge in [-0.3, -0.25) is 14.4 Å². The third-order valence-electron chi connectivity index (χ3n) is 9.27. The number of nitrogens with zero attached hydrogens (tertiary/aromatic N) is 3. The highest BCUT2D eigenvalue weighted by atomic mass is 32.2. The van der Waals surface area contributed by atoms with E-state index in [4.69, 9.17) is 0 Å². The summed E-state index contributed by atoms with van der Waals surface area (Å²) in [6, 6.07) is 5.80. The van der Waals surface area contributed by atoms with Crippen molar-refractivity contribution in [2.45, 2.75) is 82.7 Å². The maximum Gasteiger partial charge on any atom is 0.245 e. The number of amides is 3. The van der Waals surface area contributed by atoms with Crippen LogP contribution in [0.2, 0.25) is 0 Å². The average molecular weight is 560 g/mol. The summed E-state index contributed by atoms with van der Waals surface area (Å²) in [5, 5.41) is 5.97. The van der Waals surface area contributed by atoms with Crippen molar-refractivity contribution in [1.29, 1.82) is 0 Å². The first-order valence-electron chi connectivity index (χ1n) is 14.2. The first kappa shape index (κ1) is 28.0. The number of fused-ring (bicyclic) bond motifs is 2. The molecule has 5 rings (SSSR count). The second-order valence-corrected chi connectivity index (χ2v) is 13.6. The number of carbonyl (C=O) groups is 3. The van der Waals surface area contributed by atoms with Gasteiger partial charge in [-0.15, -0.1) is 0 Å². The third-order valence-corrected chi connectivity index (χ3v) is 10.5. The number of benzene rings is 1. The molecule has 0 unspecified atom stereocenters. The van der Waals surface area contributed by atoms with Gasteiger partial charge >= 0.3 is 0 Å². The van der Waals surface area contributed by atoms with E-state index in [1.165, 1.54) is 10.6 Å². The Balaban J connectivity index is 1.42. The predicted molar refractivity (Wildman–Crippen MR) is 147 cm³/mol. The van der Waals surface area contributed by atoms with E-state index in [0.717, 1.165) is 43.2 Å². The number of likely N-dealkylation sites (N-methyl/N-ethyl adjacent to an activating group) is 1. The molecule has 3 aliphatic heterocycles. The van der Waals surface area contributed by atoms with E-state index >= 15 is 0 Å². The molecule has 0 radical (unpaired) electrons. The van der Waals surface area contributed by atoms with Gasteiger partial charge in [0, 0.05) is 32.2 Å². The number of likely N-dealkylation sites (tertiary alicyclic amines) is 1. The van der Waals surface area contributed by atoms with Crippen molar-refractivity contribution in [2.75, 3.05) is 26.4 Å². The molecule has 1 saturated carbocycles. The molecule has 3 amide bonds. The highest BCUT2D eigenvalue weighted by Gasteiger charge is 2.57. The Kier molecular flexibility index (Phi) is 8.03. The van der Waals surface area contributed by atoms with Gasteiger partial charge in [-0.1, -0.05) is 43.5 Å². The fourth-order valence-electron chi connectivity index (χ4n) is 7.06. The zero-order chi connectivity index (χ0) is 27.9. The number of carbonyl (C=O) groups excluding carboxylic acids is 3. The van der Waals surface area contributed by atoms with E-state index in [1.807, 2.05) is 24.3 Å². The molecule has 1 aromatic rings. The van der Waals surface area contributed by atoms with Crippen molar-refractivity contribution in [2.24, 2.45) is 11.8 Å². The number of hydrogen-bond acceptors (Lipinski definition) is 6. The SMILES string of the molecule is CN[C@H](C)C(=O)N[C@H](C(=O)N1CC[C@@H]2[C@H]1[C@@H](C(=O)N1Cc3ccccc3C1)CN2S(C)(=O)=O)C1CCCCC1.